The predicted molar refractivity (Wildman–Crippen MR) is 119 cm³/mol. The van der Waals surface area contributed by atoms with Crippen LogP contribution in [0.5, 0.6) is 0 Å². The molecule has 4 rings (SSSR count). The lowest BCUT2D eigenvalue weighted by Crippen LogP contribution is -2.31. The lowest BCUT2D eigenvalue weighted by atomic mass is 10.2. The molecule has 15 heteroatoms. The van der Waals surface area contributed by atoms with E-state index in [-0.39, 0.29) is 15.9 Å². The van der Waals surface area contributed by atoms with Gasteiger partial charge in [0, 0.05) is 13.1 Å². The van der Waals surface area contributed by atoms with Gasteiger partial charge in [0.2, 0.25) is 0 Å². The van der Waals surface area contributed by atoms with Crippen LogP contribution in [0.3, 0.4) is 0 Å². The van der Waals surface area contributed by atoms with Crippen molar-refractivity contribution in [1.82, 2.24) is 39.5 Å². The highest BCUT2D eigenvalue weighted by Crippen LogP contribution is 2.28. The third kappa shape index (κ3) is 4.49. The molecule has 4 aromatic heterocycles. The van der Waals surface area contributed by atoms with Crippen LogP contribution in [-0.4, -0.2) is 63.8 Å². The largest absolute Gasteiger partial charge is 0.465 e. The summed E-state index contributed by atoms with van der Waals surface area (Å²) >= 11 is 12.2. The maximum atomic E-state index is 12.7. The minimum absolute atomic E-state index is 0.169. The average Bonchev–Trinajstić information content (AvgIpc) is 3.41. The van der Waals surface area contributed by atoms with Crippen LogP contribution >= 0.6 is 23.2 Å². The number of hydrogen-bond donors (Lipinski definition) is 3. The Labute approximate surface area is 195 Å². The molecule has 0 saturated heterocycles. The molecule has 0 unspecified atom stereocenters. The molecule has 0 bridgehead atoms. The van der Waals surface area contributed by atoms with Gasteiger partial charge in [-0.3, -0.25) is 0 Å². The molecule has 0 spiro atoms. The molecule has 0 aliphatic rings. The number of aromatic nitrogens is 7. The fraction of sp³-hybridized carbons (Fsp3) is 0.167. The van der Waals surface area contributed by atoms with E-state index in [2.05, 4.69) is 35.9 Å². The van der Waals surface area contributed by atoms with Crippen molar-refractivity contribution >= 4 is 52.3 Å². The van der Waals surface area contributed by atoms with Gasteiger partial charge in [-0.15, -0.1) is 4.80 Å². The summed E-state index contributed by atoms with van der Waals surface area (Å²) in [5.74, 6) is 0.297. The molecular formula is C18H16Cl2N10O3. The maximum Gasteiger partial charge on any atom is 0.407 e. The molecule has 13 nitrogen and oxygen atoms in total. The first-order chi connectivity index (χ1) is 15.7. The number of carboxylic acid groups (broad SMARTS) is 1. The molecule has 3 N–H and O–H groups in total. The Bertz CT molecular complexity index is 1340. The molecule has 4 heterocycles. The molecule has 0 fully saturated rings. The highest BCUT2D eigenvalue weighted by atomic mass is 35.5. The monoisotopic (exact) mass is 490 g/mol. The van der Waals surface area contributed by atoms with E-state index in [0.717, 1.165) is 4.90 Å². The van der Waals surface area contributed by atoms with Gasteiger partial charge in [0.15, 0.2) is 16.6 Å². The second kappa shape index (κ2) is 8.88. The fourth-order valence-corrected chi connectivity index (χ4v) is 3.44. The topological polar surface area (TPSA) is 155 Å². The molecule has 0 radical (unpaired) electrons. The van der Waals surface area contributed by atoms with Gasteiger partial charge in [0.1, 0.15) is 0 Å². The summed E-state index contributed by atoms with van der Waals surface area (Å²) in [6.45, 7) is 1.65. The third-order valence-electron chi connectivity index (χ3n) is 4.71. The van der Waals surface area contributed by atoms with E-state index in [1.54, 1.807) is 6.92 Å². The first-order valence-electron chi connectivity index (χ1n) is 9.34. The lowest BCUT2D eigenvalue weighted by Gasteiger charge is -2.24. The Kier molecular flexibility index (Phi) is 5.98. The molecule has 1 atom stereocenters. The van der Waals surface area contributed by atoms with E-state index in [4.69, 9.17) is 23.2 Å². The zero-order valence-electron chi connectivity index (χ0n) is 17.1. The summed E-state index contributed by atoms with van der Waals surface area (Å²) in [6, 6.07) is 1.68. The number of urea groups is 1. The van der Waals surface area contributed by atoms with Crippen LogP contribution in [0.15, 0.2) is 36.9 Å². The van der Waals surface area contributed by atoms with Gasteiger partial charge in [-0.2, -0.15) is 15.3 Å². The summed E-state index contributed by atoms with van der Waals surface area (Å²) < 4.78 is 1.38. The molecular weight excluding hydrogens is 475 g/mol. The second-order valence-corrected chi connectivity index (χ2v) is 7.59. The van der Waals surface area contributed by atoms with Crippen LogP contribution in [0.25, 0.3) is 11.5 Å². The molecule has 0 saturated carbocycles. The Balaban J connectivity index is 1.61. The highest BCUT2D eigenvalue weighted by Gasteiger charge is 2.25. The van der Waals surface area contributed by atoms with E-state index in [9.17, 15) is 14.7 Å². The van der Waals surface area contributed by atoms with Crippen LogP contribution in [0.4, 0.5) is 21.0 Å². The van der Waals surface area contributed by atoms with Crippen molar-refractivity contribution in [3.8, 4) is 5.82 Å². The normalized spacial score (nSPS) is 11.9. The zero-order valence-corrected chi connectivity index (χ0v) is 18.7. The minimum Gasteiger partial charge on any atom is -0.465 e. The highest BCUT2D eigenvalue weighted by molar-refractivity contribution is 6.32. The minimum atomic E-state index is -1.16. The third-order valence-corrected chi connectivity index (χ3v) is 5.17. The maximum absolute atomic E-state index is 12.7. The lowest BCUT2D eigenvalue weighted by molar-refractivity contribution is 0.140. The van der Waals surface area contributed by atoms with E-state index in [1.807, 2.05) is 0 Å². The number of carbonyl (C=O) groups excluding carboxylic acids is 1. The zero-order chi connectivity index (χ0) is 23.7. The Morgan fingerprint density at radius 3 is 2.52 bits per heavy atom. The van der Waals surface area contributed by atoms with Gasteiger partial charge in [-0.1, -0.05) is 23.2 Å². The van der Waals surface area contributed by atoms with Crippen molar-refractivity contribution in [2.45, 2.75) is 13.0 Å². The van der Waals surface area contributed by atoms with Crippen molar-refractivity contribution in [1.29, 1.82) is 0 Å². The van der Waals surface area contributed by atoms with Crippen molar-refractivity contribution in [2.75, 3.05) is 17.7 Å². The van der Waals surface area contributed by atoms with Gasteiger partial charge in [-0.05, 0) is 13.0 Å². The summed E-state index contributed by atoms with van der Waals surface area (Å²) in [5.41, 5.74) is 1.30. The number of nitrogens with zero attached hydrogens (tertiary/aromatic N) is 8. The van der Waals surface area contributed by atoms with Crippen LogP contribution in [-0.2, 0) is 0 Å². The van der Waals surface area contributed by atoms with Crippen LogP contribution in [0, 0.1) is 0 Å². The summed E-state index contributed by atoms with van der Waals surface area (Å²) in [7, 11) is 1.40. The van der Waals surface area contributed by atoms with Gasteiger partial charge in [-0.25, -0.2) is 24.1 Å². The van der Waals surface area contributed by atoms with Gasteiger partial charge < -0.3 is 20.6 Å². The van der Waals surface area contributed by atoms with Crippen molar-refractivity contribution in [3.05, 3.63) is 52.8 Å². The van der Waals surface area contributed by atoms with E-state index in [0.29, 0.717) is 22.8 Å². The molecule has 170 valence electrons. The molecule has 0 aliphatic carbocycles. The van der Waals surface area contributed by atoms with Crippen molar-refractivity contribution in [3.63, 3.8) is 0 Å². The molecule has 0 aliphatic heterocycles. The fourth-order valence-electron chi connectivity index (χ4n) is 3.03. The van der Waals surface area contributed by atoms with Crippen LogP contribution in [0.1, 0.15) is 18.7 Å². The smallest absolute Gasteiger partial charge is 0.407 e. The number of fused-ring (bicyclic) bond motifs is 1. The quantitative estimate of drug-likeness (QED) is 0.384. The number of hydrogen-bond acceptors (Lipinski definition) is 7. The van der Waals surface area contributed by atoms with Gasteiger partial charge in [0.05, 0.1) is 52.9 Å². The molecule has 3 amide bonds. The average molecular weight is 491 g/mol. The van der Waals surface area contributed by atoms with Crippen molar-refractivity contribution in [2.24, 2.45) is 0 Å². The number of carbonyl (C=O) groups is 2. The van der Waals surface area contributed by atoms with E-state index < -0.39 is 18.2 Å². The first-order valence-corrected chi connectivity index (χ1v) is 10.1. The summed E-state index contributed by atoms with van der Waals surface area (Å²) in [6.07, 6.45) is 4.59. The van der Waals surface area contributed by atoms with E-state index >= 15 is 0 Å². The van der Waals surface area contributed by atoms with Crippen molar-refractivity contribution < 1.29 is 14.7 Å². The van der Waals surface area contributed by atoms with Gasteiger partial charge in [0.25, 0.3) is 0 Å². The summed E-state index contributed by atoms with van der Waals surface area (Å²) in [4.78, 5) is 34.9. The number of halogens is 2. The molecule has 0 aromatic carbocycles. The molecule has 33 heavy (non-hydrogen) atoms. The number of amides is 3. The Morgan fingerprint density at radius 2 is 1.85 bits per heavy atom. The first kappa shape index (κ1) is 22.2. The predicted octanol–water partition coefficient (Wildman–Crippen LogP) is 3.33. The number of anilines is 2. The van der Waals surface area contributed by atoms with Gasteiger partial charge >= 0.3 is 12.1 Å². The SMILES string of the molecule is C[C@@H](c1c(NC(=O)Nc2cnc(-n3nccn3)c(Cl)c2)cnc2cc(Cl)nn12)N(C)C(=O)O. The molecule has 4 aromatic rings. The number of nitrogens with one attached hydrogen (secondary N) is 2. The number of pyridine rings is 1. The van der Waals surface area contributed by atoms with Crippen LogP contribution in [0.2, 0.25) is 10.2 Å². The van der Waals surface area contributed by atoms with Crippen LogP contribution < -0.4 is 10.6 Å². The van der Waals surface area contributed by atoms with E-state index in [1.165, 1.54) is 53.3 Å². The Hall–Kier alpha value is -3.97. The Morgan fingerprint density at radius 1 is 1.12 bits per heavy atom. The second-order valence-electron chi connectivity index (χ2n) is 6.79. The standard InChI is InChI=1S/C18H16Cl2N10O3/c1-9(28(2)18(32)33)15-12(8-21-14-6-13(20)27-29(14)15)26-17(31)25-10-5-11(19)16(22-7-10)30-23-3-4-24-30/h3-9H,1-2H3,(H,32,33)(H2,25,26,31)/t9-/m0/s1. The number of rotatable bonds is 5. The summed E-state index contributed by atoms with van der Waals surface area (Å²) in [5, 5.41) is 27.1.